The predicted molar refractivity (Wildman–Crippen MR) is 118 cm³/mol. The summed E-state index contributed by atoms with van der Waals surface area (Å²) in [7, 11) is -4.31. The number of azo groups is 1. The number of carboxylic acids is 1. The zero-order valence-corrected chi connectivity index (χ0v) is 17.3. The fourth-order valence-corrected chi connectivity index (χ4v) is 3.27. The third-order valence-corrected chi connectivity index (χ3v) is 4.81. The van der Waals surface area contributed by atoms with Gasteiger partial charge < -0.3 is 10.2 Å². The van der Waals surface area contributed by atoms with E-state index in [-0.39, 0.29) is 34.1 Å². The number of nitrogens with one attached hydrogen (secondary N) is 1. The summed E-state index contributed by atoms with van der Waals surface area (Å²) in [5.74, 6) is -1.96. The zero-order chi connectivity index (χ0) is 23.1. The average Bonchev–Trinajstić information content (AvgIpc) is 2.74. The summed E-state index contributed by atoms with van der Waals surface area (Å²) < 4.78 is 31.4. The lowest BCUT2D eigenvalue weighted by atomic mass is 10.1. The number of rotatable bonds is 7. The van der Waals surface area contributed by atoms with Crippen LogP contribution in [0.5, 0.6) is 5.75 Å². The Bertz CT molecular complexity index is 1290. The van der Waals surface area contributed by atoms with Crippen molar-refractivity contribution in [1.29, 1.82) is 0 Å². The van der Waals surface area contributed by atoms with E-state index in [2.05, 4.69) is 20.8 Å². The molecule has 10 nitrogen and oxygen atoms in total. The SMILES string of the molecule is O=C(O)c1ccc(CS(=O)(=O)O)cc1NN=C(N=Nc1ccccc1O)c1ccccc1. The number of aromatic carboxylic acids is 1. The standard InChI is InChI=1S/C21H18N4O6S/c26-19-9-5-4-8-17(19)22-24-20(15-6-2-1-3-7-15)25-23-18-12-14(13-32(29,30)31)10-11-16(18)21(27)28/h1-12,23,26H,13H2,(H,27,28)(H,29,30,31). The number of phenolic OH excluding ortho intramolecular Hbond substituents is 1. The Hall–Kier alpha value is -4.09. The Morgan fingerprint density at radius 3 is 2.31 bits per heavy atom. The summed E-state index contributed by atoms with van der Waals surface area (Å²) in [4.78, 5) is 11.6. The van der Waals surface area contributed by atoms with E-state index in [9.17, 15) is 23.4 Å². The first-order valence-corrected chi connectivity index (χ1v) is 10.7. The molecular formula is C21H18N4O6S. The number of phenols is 1. The number of amidine groups is 1. The van der Waals surface area contributed by atoms with Gasteiger partial charge in [-0.3, -0.25) is 9.98 Å². The van der Waals surface area contributed by atoms with E-state index in [0.29, 0.717) is 5.56 Å². The van der Waals surface area contributed by atoms with Gasteiger partial charge in [-0.25, -0.2) is 4.79 Å². The number of hydrazone groups is 1. The van der Waals surface area contributed by atoms with Crippen molar-refractivity contribution in [2.45, 2.75) is 5.75 Å². The smallest absolute Gasteiger partial charge is 0.337 e. The molecule has 0 bridgehead atoms. The molecule has 0 aliphatic carbocycles. The second-order valence-electron chi connectivity index (χ2n) is 6.51. The van der Waals surface area contributed by atoms with Crippen molar-refractivity contribution in [3.8, 4) is 5.75 Å². The minimum Gasteiger partial charge on any atom is -0.506 e. The van der Waals surface area contributed by atoms with E-state index < -0.39 is 21.8 Å². The summed E-state index contributed by atoms with van der Waals surface area (Å²) in [6, 6.07) is 18.7. The van der Waals surface area contributed by atoms with Crippen LogP contribution in [0.2, 0.25) is 0 Å². The minimum absolute atomic E-state index is 0.00941. The molecule has 0 saturated carbocycles. The van der Waals surface area contributed by atoms with Gasteiger partial charge in [0.05, 0.1) is 11.3 Å². The van der Waals surface area contributed by atoms with Crippen LogP contribution in [0.3, 0.4) is 0 Å². The Morgan fingerprint density at radius 2 is 1.66 bits per heavy atom. The largest absolute Gasteiger partial charge is 0.506 e. The van der Waals surface area contributed by atoms with E-state index in [0.717, 1.165) is 0 Å². The molecule has 0 amide bonds. The lowest BCUT2D eigenvalue weighted by Gasteiger charge is -2.09. The van der Waals surface area contributed by atoms with Crippen LogP contribution in [0.15, 0.2) is 88.1 Å². The fraction of sp³-hybridized carbons (Fsp3) is 0.0476. The van der Waals surface area contributed by atoms with E-state index in [1.54, 1.807) is 48.5 Å². The van der Waals surface area contributed by atoms with Crippen LogP contribution in [0.25, 0.3) is 0 Å². The van der Waals surface area contributed by atoms with Crippen LogP contribution in [-0.4, -0.2) is 35.0 Å². The summed E-state index contributed by atoms with van der Waals surface area (Å²) in [5.41, 5.74) is 3.32. The number of benzene rings is 3. The molecule has 0 aromatic heterocycles. The number of hydrogen-bond acceptors (Lipinski definition) is 7. The molecule has 0 unspecified atom stereocenters. The monoisotopic (exact) mass is 454 g/mol. The molecule has 0 spiro atoms. The predicted octanol–water partition coefficient (Wildman–Crippen LogP) is 4.04. The summed E-state index contributed by atoms with van der Waals surface area (Å²) in [6.45, 7) is 0. The highest BCUT2D eigenvalue weighted by molar-refractivity contribution is 7.85. The number of aromatic hydroxyl groups is 1. The molecule has 4 N–H and O–H groups in total. The van der Waals surface area contributed by atoms with Crippen LogP contribution in [0, 0.1) is 0 Å². The Kier molecular flexibility index (Phi) is 6.93. The molecular weight excluding hydrogens is 436 g/mol. The second kappa shape index (κ2) is 9.81. The van der Waals surface area contributed by atoms with Crippen molar-refractivity contribution in [2.75, 3.05) is 5.43 Å². The maximum absolute atomic E-state index is 11.6. The lowest BCUT2D eigenvalue weighted by Crippen LogP contribution is -2.08. The molecule has 0 aliphatic rings. The number of nitrogens with zero attached hydrogens (tertiary/aromatic N) is 3. The van der Waals surface area contributed by atoms with E-state index in [4.69, 9.17) is 4.55 Å². The van der Waals surface area contributed by atoms with Gasteiger partial charge in [0.2, 0.25) is 5.84 Å². The van der Waals surface area contributed by atoms with Crippen molar-refractivity contribution in [3.63, 3.8) is 0 Å². The first kappa shape index (κ1) is 22.6. The van der Waals surface area contributed by atoms with Crippen LogP contribution in [0.4, 0.5) is 11.4 Å². The molecule has 0 aliphatic heterocycles. The van der Waals surface area contributed by atoms with Gasteiger partial charge in [-0.05, 0) is 29.8 Å². The normalized spacial score (nSPS) is 12.1. The van der Waals surface area contributed by atoms with E-state index in [1.807, 2.05) is 0 Å². The van der Waals surface area contributed by atoms with Gasteiger partial charge in [0.1, 0.15) is 17.2 Å². The number of carboxylic acid groups (broad SMARTS) is 1. The van der Waals surface area contributed by atoms with Crippen molar-refractivity contribution in [1.82, 2.24) is 0 Å². The van der Waals surface area contributed by atoms with Gasteiger partial charge in [-0.1, -0.05) is 48.5 Å². The first-order valence-electron chi connectivity index (χ1n) is 9.13. The van der Waals surface area contributed by atoms with E-state index >= 15 is 0 Å². The van der Waals surface area contributed by atoms with Gasteiger partial charge >= 0.3 is 5.97 Å². The maximum atomic E-state index is 11.6. The molecule has 0 fully saturated rings. The Morgan fingerprint density at radius 1 is 0.969 bits per heavy atom. The van der Waals surface area contributed by atoms with E-state index in [1.165, 1.54) is 24.3 Å². The number of para-hydroxylation sites is 1. The Labute approximate surface area is 183 Å². The quantitative estimate of drug-likeness (QED) is 0.138. The second-order valence-corrected chi connectivity index (χ2v) is 7.97. The van der Waals surface area contributed by atoms with Crippen LogP contribution in [-0.2, 0) is 15.9 Å². The third kappa shape index (κ3) is 6.20. The van der Waals surface area contributed by atoms with Crippen molar-refractivity contribution >= 4 is 33.3 Å². The summed E-state index contributed by atoms with van der Waals surface area (Å²) in [6.07, 6.45) is 0. The molecule has 164 valence electrons. The highest BCUT2D eigenvalue weighted by atomic mass is 32.2. The van der Waals surface area contributed by atoms with Gasteiger partial charge in [-0.2, -0.15) is 13.5 Å². The third-order valence-electron chi connectivity index (χ3n) is 4.11. The minimum atomic E-state index is -4.31. The van der Waals surface area contributed by atoms with Crippen molar-refractivity contribution in [3.05, 3.63) is 89.5 Å². The molecule has 11 heteroatoms. The molecule has 3 aromatic rings. The van der Waals surface area contributed by atoms with Crippen LogP contribution < -0.4 is 5.43 Å². The molecule has 3 aromatic carbocycles. The molecule has 0 saturated heterocycles. The molecule has 32 heavy (non-hydrogen) atoms. The van der Waals surface area contributed by atoms with Crippen molar-refractivity contribution < 1.29 is 28.0 Å². The number of anilines is 1. The maximum Gasteiger partial charge on any atom is 0.337 e. The van der Waals surface area contributed by atoms with Gasteiger partial charge in [0, 0.05) is 5.56 Å². The van der Waals surface area contributed by atoms with Gasteiger partial charge in [-0.15, -0.1) is 10.2 Å². The highest BCUT2D eigenvalue weighted by Crippen LogP contribution is 2.26. The van der Waals surface area contributed by atoms with Crippen LogP contribution >= 0.6 is 0 Å². The summed E-state index contributed by atoms with van der Waals surface area (Å²) >= 11 is 0. The topological polar surface area (TPSA) is 161 Å². The number of hydrogen-bond donors (Lipinski definition) is 4. The zero-order valence-electron chi connectivity index (χ0n) is 16.5. The van der Waals surface area contributed by atoms with Gasteiger partial charge in [0.15, 0.2) is 0 Å². The average molecular weight is 454 g/mol. The van der Waals surface area contributed by atoms with Crippen molar-refractivity contribution in [2.24, 2.45) is 15.3 Å². The lowest BCUT2D eigenvalue weighted by molar-refractivity contribution is 0.0698. The first-order chi connectivity index (χ1) is 15.2. The molecule has 3 rings (SSSR count). The van der Waals surface area contributed by atoms with Crippen LogP contribution in [0.1, 0.15) is 21.5 Å². The molecule has 0 radical (unpaired) electrons. The fourth-order valence-electron chi connectivity index (χ4n) is 2.67. The molecule has 0 heterocycles. The van der Waals surface area contributed by atoms with Gasteiger partial charge in [0.25, 0.3) is 10.1 Å². The molecule has 0 atom stereocenters. The highest BCUT2D eigenvalue weighted by Gasteiger charge is 2.14. The Balaban J connectivity index is 2.00. The number of carbonyl (C=O) groups is 1. The summed E-state index contributed by atoms with van der Waals surface area (Å²) in [5, 5.41) is 31.5.